The fourth-order valence-electron chi connectivity index (χ4n) is 2.33. The molecule has 0 aliphatic carbocycles. The van der Waals surface area contributed by atoms with E-state index < -0.39 is 0 Å². The predicted octanol–water partition coefficient (Wildman–Crippen LogP) is 3.91. The molecule has 108 valence electrons. The van der Waals surface area contributed by atoms with Gasteiger partial charge >= 0.3 is 0 Å². The van der Waals surface area contributed by atoms with Crippen LogP contribution in [-0.2, 0) is 6.61 Å². The van der Waals surface area contributed by atoms with E-state index in [2.05, 4.69) is 31.0 Å². The van der Waals surface area contributed by atoms with Crippen LogP contribution in [0.4, 0.5) is 5.69 Å². The molecule has 0 fully saturated rings. The molecule has 21 heavy (non-hydrogen) atoms. The van der Waals surface area contributed by atoms with Gasteiger partial charge in [0, 0.05) is 11.8 Å². The van der Waals surface area contributed by atoms with Crippen molar-refractivity contribution in [2.45, 2.75) is 27.4 Å². The van der Waals surface area contributed by atoms with Gasteiger partial charge < -0.3 is 14.9 Å². The first-order chi connectivity index (χ1) is 10.0. The molecule has 4 heteroatoms. The number of nitrogen functional groups attached to an aromatic ring is 1. The van der Waals surface area contributed by atoms with Crippen molar-refractivity contribution in [3.05, 3.63) is 52.9 Å². The molecular weight excluding hydrogens is 264 g/mol. The maximum Gasteiger partial charge on any atom is 0.233 e. The Labute approximate surface area is 123 Å². The highest BCUT2D eigenvalue weighted by molar-refractivity contribution is 5.76. The average Bonchev–Trinajstić information content (AvgIpc) is 2.85. The van der Waals surface area contributed by atoms with Crippen molar-refractivity contribution in [3.8, 4) is 5.75 Å². The molecule has 2 aromatic carbocycles. The van der Waals surface area contributed by atoms with E-state index in [1.54, 1.807) is 6.07 Å². The average molecular weight is 282 g/mol. The van der Waals surface area contributed by atoms with Crippen molar-refractivity contribution in [1.29, 1.82) is 0 Å². The molecular formula is C17H18N2O2. The van der Waals surface area contributed by atoms with Gasteiger partial charge in [0.2, 0.25) is 5.89 Å². The van der Waals surface area contributed by atoms with Crippen LogP contribution in [0.5, 0.6) is 5.75 Å². The molecule has 3 rings (SSSR count). The fourth-order valence-corrected chi connectivity index (χ4v) is 2.33. The summed E-state index contributed by atoms with van der Waals surface area (Å²) >= 11 is 0. The third-order valence-corrected chi connectivity index (χ3v) is 3.67. The Kier molecular flexibility index (Phi) is 3.29. The third kappa shape index (κ3) is 2.57. The molecule has 0 unspecified atom stereocenters. The van der Waals surface area contributed by atoms with Crippen LogP contribution in [-0.4, -0.2) is 4.98 Å². The molecule has 1 aromatic heterocycles. The van der Waals surface area contributed by atoms with Crippen molar-refractivity contribution >= 4 is 16.8 Å². The van der Waals surface area contributed by atoms with Gasteiger partial charge in [-0.25, -0.2) is 4.98 Å². The zero-order valence-corrected chi connectivity index (χ0v) is 12.4. The van der Waals surface area contributed by atoms with Crippen molar-refractivity contribution < 1.29 is 9.15 Å². The number of aromatic nitrogens is 1. The Morgan fingerprint density at radius 1 is 1.10 bits per heavy atom. The summed E-state index contributed by atoms with van der Waals surface area (Å²) in [6.07, 6.45) is 0. The molecule has 1 heterocycles. The van der Waals surface area contributed by atoms with Crippen LogP contribution in [0.25, 0.3) is 11.1 Å². The monoisotopic (exact) mass is 282 g/mol. The zero-order valence-electron chi connectivity index (χ0n) is 12.4. The minimum atomic E-state index is 0.305. The summed E-state index contributed by atoms with van der Waals surface area (Å²) in [6.45, 7) is 6.47. The van der Waals surface area contributed by atoms with Crippen LogP contribution < -0.4 is 10.5 Å². The first-order valence-electron chi connectivity index (χ1n) is 6.89. The van der Waals surface area contributed by atoms with E-state index in [0.29, 0.717) is 23.8 Å². The number of nitrogens with zero attached hydrogens (tertiary/aromatic N) is 1. The Bertz CT molecular complexity index is 806. The summed E-state index contributed by atoms with van der Waals surface area (Å²) in [6, 6.07) is 9.59. The van der Waals surface area contributed by atoms with Gasteiger partial charge in [0.1, 0.15) is 11.3 Å². The van der Waals surface area contributed by atoms with Crippen molar-refractivity contribution in [2.24, 2.45) is 0 Å². The van der Waals surface area contributed by atoms with Crippen LogP contribution in [0.2, 0.25) is 0 Å². The molecule has 3 aromatic rings. The number of benzene rings is 2. The van der Waals surface area contributed by atoms with E-state index in [1.165, 1.54) is 5.56 Å². The van der Waals surface area contributed by atoms with Crippen LogP contribution in [0, 0.1) is 20.8 Å². The molecule has 0 atom stereocenters. The largest absolute Gasteiger partial charge is 0.483 e. The van der Waals surface area contributed by atoms with Gasteiger partial charge in [0.25, 0.3) is 0 Å². The Morgan fingerprint density at radius 2 is 1.86 bits per heavy atom. The topological polar surface area (TPSA) is 61.3 Å². The second-order valence-electron chi connectivity index (χ2n) is 5.28. The van der Waals surface area contributed by atoms with Gasteiger partial charge in [-0.05, 0) is 49.6 Å². The lowest BCUT2D eigenvalue weighted by Gasteiger charge is -2.12. The Hall–Kier alpha value is -2.49. The van der Waals surface area contributed by atoms with Gasteiger partial charge in [-0.1, -0.05) is 12.1 Å². The van der Waals surface area contributed by atoms with Crippen LogP contribution in [0.3, 0.4) is 0 Å². The standard InChI is InChI=1S/C17H18N2O2/c1-10-4-5-11(2)17(12(10)3)20-9-16-19-14-7-6-13(18)8-15(14)21-16/h4-8H,9,18H2,1-3H3. The lowest BCUT2D eigenvalue weighted by atomic mass is 10.1. The second kappa shape index (κ2) is 5.13. The molecule has 2 N–H and O–H groups in total. The van der Waals surface area contributed by atoms with Gasteiger partial charge in [-0.15, -0.1) is 0 Å². The minimum Gasteiger partial charge on any atom is -0.483 e. The SMILES string of the molecule is Cc1ccc(C)c(OCc2nc3ccc(N)cc3o2)c1C. The van der Waals surface area contributed by atoms with Gasteiger partial charge in [-0.2, -0.15) is 0 Å². The number of oxazole rings is 1. The predicted molar refractivity (Wildman–Crippen MR) is 83.4 cm³/mol. The number of fused-ring (bicyclic) bond motifs is 1. The first-order valence-corrected chi connectivity index (χ1v) is 6.89. The molecule has 0 saturated heterocycles. The lowest BCUT2D eigenvalue weighted by Crippen LogP contribution is -2.00. The van der Waals surface area contributed by atoms with Crippen LogP contribution in [0.1, 0.15) is 22.6 Å². The molecule has 0 aliphatic rings. The van der Waals surface area contributed by atoms with Gasteiger partial charge in [-0.3, -0.25) is 0 Å². The highest BCUT2D eigenvalue weighted by atomic mass is 16.5. The molecule has 0 bridgehead atoms. The Balaban J connectivity index is 1.85. The highest BCUT2D eigenvalue weighted by Gasteiger charge is 2.10. The van der Waals surface area contributed by atoms with E-state index in [0.717, 1.165) is 22.4 Å². The number of nitrogens with two attached hydrogens (primary N) is 1. The van der Waals surface area contributed by atoms with Crippen molar-refractivity contribution in [1.82, 2.24) is 4.98 Å². The molecule has 0 spiro atoms. The molecule has 4 nitrogen and oxygen atoms in total. The summed E-state index contributed by atoms with van der Waals surface area (Å²) in [4.78, 5) is 4.40. The lowest BCUT2D eigenvalue weighted by molar-refractivity contribution is 0.264. The van der Waals surface area contributed by atoms with E-state index in [-0.39, 0.29) is 0 Å². The van der Waals surface area contributed by atoms with Crippen molar-refractivity contribution in [3.63, 3.8) is 0 Å². The molecule has 0 amide bonds. The number of hydrogen-bond acceptors (Lipinski definition) is 4. The normalized spacial score (nSPS) is 11.0. The molecule has 0 aliphatic heterocycles. The molecule has 0 radical (unpaired) electrons. The third-order valence-electron chi connectivity index (χ3n) is 3.67. The highest BCUT2D eigenvalue weighted by Crippen LogP contribution is 2.27. The fraction of sp³-hybridized carbons (Fsp3) is 0.235. The summed E-state index contributed by atoms with van der Waals surface area (Å²) < 4.78 is 11.6. The summed E-state index contributed by atoms with van der Waals surface area (Å²) in [5.41, 5.74) is 11.3. The number of ether oxygens (including phenoxy) is 1. The van der Waals surface area contributed by atoms with Gasteiger partial charge in [0.05, 0.1) is 0 Å². The first kappa shape index (κ1) is 13.5. The minimum absolute atomic E-state index is 0.305. The summed E-state index contributed by atoms with van der Waals surface area (Å²) in [5, 5.41) is 0. The van der Waals surface area contributed by atoms with E-state index in [1.807, 2.05) is 19.1 Å². The number of anilines is 1. The van der Waals surface area contributed by atoms with E-state index in [4.69, 9.17) is 14.9 Å². The zero-order chi connectivity index (χ0) is 15.0. The summed E-state index contributed by atoms with van der Waals surface area (Å²) in [5.74, 6) is 1.45. The van der Waals surface area contributed by atoms with Crippen molar-refractivity contribution in [2.75, 3.05) is 5.73 Å². The second-order valence-corrected chi connectivity index (χ2v) is 5.28. The number of rotatable bonds is 3. The quantitative estimate of drug-likeness (QED) is 0.740. The Morgan fingerprint density at radius 3 is 2.67 bits per heavy atom. The van der Waals surface area contributed by atoms with E-state index in [9.17, 15) is 0 Å². The summed E-state index contributed by atoms with van der Waals surface area (Å²) in [7, 11) is 0. The van der Waals surface area contributed by atoms with E-state index >= 15 is 0 Å². The number of aryl methyl sites for hydroxylation is 2. The van der Waals surface area contributed by atoms with Crippen LogP contribution >= 0.6 is 0 Å². The van der Waals surface area contributed by atoms with Crippen LogP contribution in [0.15, 0.2) is 34.7 Å². The van der Waals surface area contributed by atoms with Gasteiger partial charge in [0.15, 0.2) is 12.2 Å². The molecule has 0 saturated carbocycles. The maximum atomic E-state index is 5.91. The smallest absolute Gasteiger partial charge is 0.233 e. The number of hydrogen-bond donors (Lipinski definition) is 1. The maximum absolute atomic E-state index is 5.91.